The summed E-state index contributed by atoms with van der Waals surface area (Å²) in [6.07, 6.45) is 0. The van der Waals surface area contributed by atoms with Crippen LogP contribution in [0, 0.1) is 13.5 Å². The Labute approximate surface area is 99.9 Å². The zero-order valence-electron chi connectivity index (χ0n) is 9.01. The molecular weight excluding hydrogens is 185 g/mol. The predicted octanol–water partition coefficient (Wildman–Crippen LogP) is 3.19. The van der Waals surface area contributed by atoms with Crippen molar-refractivity contribution >= 4 is 31.1 Å². The molecule has 0 unspecified atom stereocenters. The van der Waals surface area contributed by atoms with Gasteiger partial charge in [-0.05, 0) is 0 Å². The summed E-state index contributed by atoms with van der Waals surface area (Å²) in [4.78, 5) is 0. The Morgan fingerprint density at radius 2 is 1.31 bits per heavy atom. The van der Waals surface area contributed by atoms with Crippen LogP contribution in [0.5, 0.6) is 0 Å². The number of hydrogen-bond acceptors (Lipinski definition) is 0. The fourth-order valence-electron chi connectivity index (χ4n) is 0.478. The molecule has 0 saturated heterocycles. The van der Waals surface area contributed by atoms with Crippen molar-refractivity contribution in [2.45, 2.75) is 19.6 Å². The molecule has 13 heavy (non-hydrogen) atoms. The van der Waals surface area contributed by atoms with Crippen LogP contribution in [0.2, 0.25) is 19.6 Å². The molecule has 0 fully saturated rings. The van der Waals surface area contributed by atoms with Gasteiger partial charge in [0.1, 0.15) is 0 Å². The van der Waals surface area contributed by atoms with E-state index >= 15 is 0 Å². The van der Waals surface area contributed by atoms with Gasteiger partial charge >= 0.3 is 23.1 Å². The summed E-state index contributed by atoms with van der Waals surface area (Å²) in [5.74, 6) is 0. The fraction of sp³-hybridized carbons (Fsp3) is 0.273. The summed E-state index contributed by atoms with van der Waals surface area (Å²) in [5.41, 5.74) is 1.07. The third-order valence-electron chi connectivity index (χ3n) is 0.843. The maximum Gasteiger partial charge on any atom is 2.00 e. The minimum atomic E-state index is -0.861. The molecule has 68 valence electrons. The molecule has 1 aromatic rings. The second-order valence-electron chi connectivity index (χ2n) is 4.05. The van der Waals surface area contributed by atoms with E-state index in [1.54, 1.807) is 0 Å². The Morgan fingerprint density at radius 1 is 1.00 bits per heavy atom. The van der Waals surface area contributed by atoms with Crippen molar-refractivity contribution in [2.75, 3.05) is 0 Å². The van der Waals surface area contributed by atoms with Crippen LogP contribution in [-0.4, -0.2) is 31.1 Å². The van der Waals surface area contributed by atoms with Gasteiger partial charge in [0, 0.05) is 0 Å². The molecule has 0 aliphatic carbocycles. The van der Waals surface area contributed by atoms with E-state index in [1.807, 2.05) is 30.3 Å². The summed E-state index contributed by atoms with van der Waals surface area (Å²) in [6.45, 7) is 14.3. The predicted molar refractivity (Wildman–Crippen MR) is 65.4 cm³/mol. The molecule has 0 saturated carbocycles. The van der Waals surface area contributed by atoms with E-state index < -0.39 is 8.07 Å². The molecule has 0 spiro atoms. The summed E-state index contributed by atoms with van der Waals surface area (Å²) in [6, 6.07) is 9.87. The van der Waals surface area contributed by atoms with E-state index in [4.69, 9.17) is 0 Å². The van der Waals surface area contributed by atoms with Gasteiger partial charge in [-0.1, -0.05) is 25.7 Å². The van der Waals surface area contributed by atoms with Crippen LogP contribution in [0.15, 0.2) is 30.3 Å². The van der Waals surface area contributed by atoms with Gasteiger partial charge in [0.15, 0.2) is 0 Å². The quantitative estimate of drug-likeness (QED) is 0.448. The molecule has 0 N–H and O–H groups in total. The van der Waals surface area contributed by atoms with Crippen molar-refractivity contribution in [3.05, 3.63) is 49.4 Å². The van der Waals surface area contributed by atoms with Crippen LogP contribution in [-0.2, 0) is 0 Å². The molecule has 0 amide bonds. The zero-order chi connectivity index (χ0) is 9.61. The smallest absolute Gasteiger partial charge is 0.342 e. The van der Waals surface area contributed by atoms with Crippen LogP contribution >= 0.6 is 0 Å². The Kier molecular flexibility index (Phi) is 8.94. The molecule has 0 aromatic heterocycles. The first-order chi connectivity index (χ1) is 5.39. The first-order valence-electron chi connectivity index (χ1n) is 4.12. The second-order valence-corrected chi connectivity index (χ2v) is 9.17. The summed E-state index contributed by atoms with van der Waals surface area (Å²) in [7, 11) is -0.861. The van der Waals surface area contributed by atoms with Gasteiger partial charge in [0.2, 0.25) is 0 Å². The molecule has 0 atom stereocenters. The molecule has 0 heterocycles. The summed E-state index contributed by atoms with van der Waals surface area (Å²) >= 11 is 0. The van der Waals surface area contributed by atoms with E-state index in [0.29, 0.717) is 0 Å². The molecule has 0 aliphatic rings. The topological polar surface area (TPSA) is 0 Å². The average molecular weight is 203 g/mol. The van der Waals surface area contributed by atoms with E-state index in [1.165, 1.54) is 0 Å². The van der Waals surface area contributed by atoms with Crippen molar-refractivity contribution in [3.63, 3.8) is 0 Å². The average Bonchev–Trinajstić information content (AvgIpc) is 1.85. The van der Waals surface area contributed by atoms with E-state index in [-0.39, 0.29) is 23.1 Å². The maximum absolute atomic E-state index is 3.91. The zero-order valence-corrected chi connectivity index (χ0v) is 11.4. The molecule has 1 aromatic carbocycles. The Bertz CT molecular complexity index is 195. The van der Waals surface area contributed by atoms with E-state index in [9.17, 15) is 0 Å². The van der Waals surface area contributed by atoms with Crippen molar-refractivity contribution in [1.29, 1.82) is 0 Å². The first kappa shape index (κ1) is 15.5. The number of benzene rings is 1. The van der Waals surface area contributed by atoms with Crippen LogP contribution in [0.1, 0.15) is 5.56 Å². The van der Waals surface area contributed by atoms with E-state index in [0.717, 1.165) is 5.56 Å². The normalized spacial score (nSPS) is 9.23. The minimum Gasteiger partial charge on any atom is -0.342 e. The fourth-order valence-corrected chi connectivity index (χ4v) is 0.478. The Hall–Kier alpha value is 0.0731. The third kappa shape index (κ3) is 18.8. The standard InChI is InChI=1S/C7H7.C4H11Si.Mg/c1-7-5-3-2-4-6-7;1-5(2,3)4;/h2-6H,1H2;1H2,2-4H3;/q2*-1;+2. The molecule has 0 bridgehead atoms. The van der Waals surface area contributed by atoms with E-state index in [2.05, 4.69) is 33.1 Å². The van der Waals surface area contributed by atoms with Crippen molar-refractivity contribution in [3.8, 4) is 0 Å². The molecular formula is C11H18MgSi. The van der Waals surface area contributed by atoms with Crippen molar-refractivity contribution in [1.82, 2.24) is 0 Å². The number of rotatable bonds is 0. The second kappa shape index (κ2) is 7.47. The Balaban J connectivity index is 0. The molecule has 1 rings (SSSR count). The van der Waals surface area contributed by atoms with Crippen LogP contribution < -0.4 is 0 Å². The first-order valence-corrected chi connectivity index (χ1v) is 7.82. The van der Waals surface area contributed by atoms with Gasteiger partial charge in [-0.25, -0.2) is 0 Å². The van der Waals surface area contributed by atoms with Gasteiger partial charge < -0.3 is 6.55 Å². The van der Waals surface area contributed by atoms with Crippen LogP contribution in [0.4, 0.5) is 0 Å². The molecule has 2 heteroatoms. The summed E-state index contributed by atoms with van der Waals surface area (Å²) < 4.78 is 0. The molecule has 0 nitrogen and oxygen atoms in total. The maximum atomic E-state index is 3.91. The monoisotopic (exact) mass is 202 g/mol. The summed E-state index contributed by atoms with van der Waals surface area (Å²) in [5, 5.41) is 0. The SMILES string of the molecule is [CH2-][Si](C)(C)C.[CH2-]c1ccccc1.[Mg+2]. The molecule has 0 aliphatic heterocycles. The van der Waals surface area contributed by atoms with Gasteiger partial charge in [-0.2, -0.15) is 24.6 Å². The van der Waals surface area contributed by atoms with Crippen molar-refractivity contribution in [2.24, 2.45) is 0 Å². The van der Waals surface area contributed by atoms with Gasteiger partial charge in [-0.3, -0.25) is 0 Å². The third-order valence-corrected chi connectivity index (χ3v) is 0.843. The minimum absolute atomic E-state index is 0. The number of hydrogen-bond donors (Lipinski definition) is 0. The van der Waals surface area contributed by atoms with Crippen LogP contribution in [0.25, 0.3) is 0 Å². The van der Waals surface area contributed by atoms with Crippen LogP contribution in [0.3, 0.4) is 0 Å². The van der Waals surface area contributed by atoms with Crippen molar-refractivity contribution < 1.29 is 0 Å². The van der Waals surface area contributed by atoms with Gasteiger partial charge in [0.25, 0.3) is 0 Å². The molecule has 0 radical (unpaired) electrons. The van der Waals surface area contributed by atoms with Gasteiger partial charge in [0.05, 0.1) is 0 Å². The van der Waals surface area contributed by atoms with Gasteiger partial charge in [-0.15, -0.1) is 20.2 Å². The largest absolute Gasteiger partial charge is 2.00 e. The Morgan fingerprint density at radius 3 is 1.46 bits per heavy atom.